The lowest BCUT2D eigenvalue weighted by atomic mass is 10.00. The number of carbonyl (C=O) groups is 1. The predicted octanol–water partition coefficient (Wildman–Crippen LogP) is 3.04. The van der Waals surface area contributed by atoms with Gasteiger partial charge in [0.2, 0.25) is 5.91 Å². The fraction of sp³-hybridized carbons (Fsp3) is 0.542. The highest BCUT2D eigenvalue weighted by Crippen LogP contribution is 2.32. The Morgan fingerprint density at radius 2 is 2.00 bits per heavy atom. The number of likely N-dealkylation sites (tertiary alicyclic amines) is 1. The van der Waals surface area contributed by atoms with Gasteiger partial charge in [-0.05, 0) is 38.4 Å². The van der Waals surface area contributed by atoms with Gasteiger partial charge in [-0.15, -0.1) is 0 Å². The van der Waals surface area contributed by atoms with Crippen LogP contribution in [0.25, 0.3) is 0 Å². The van der Waals surface area contributed by atoms with Crippen LogP contribution in [0.15, 0.2) is 24.3 Å². The van der Waals surface area contributed by atoms with Crippen LogP contribution >= 0.6 is 0 Å². The number of para-hydroxylation sites is 2. The molecule has 1 saturated heterocycles. The van der Waals surface area contributed by atoms with Crippen LogP contribution in [0, 0.1) is 0 Å². The molecule has 1 fully saturated rings. The van der Waals surface area contributed by atoms with Crippen molar-refractivity contribution in [1.29, 1.82) is 0 Å². The number of rotatable bonds is 7. The second kappa shape index (κ2) is 10.2. The van der Waals surface area contributed by atoms with E-state index in [1.54, 1.807) is 14.0 Å². The Morgan fingerprint density at radius 1 is 1.19 bits per heavy atom. The molecule has 1 unspecified atom stereocenters. The van der Waals surface area contributed by atoms with Crippen LogP contribution in [-0.4, -0.2) is 66.1 Å². The summed E-state index contributed by atoms with van der Waals surface area (Å²) in [5.74, 6) is 3.15. The van der Waals surface area contributed by atoms with Crippen LogP contribution in [0.1, 0.15) is 49.3 Å². The van der Waals surface area contributed by atoms with Crippen molar-refractivity contribution in [2.75, 3.05) is 45.7 Å². The molecule has 2 aliphatic rings. The van der Waals surface area contributed by atoms with Gasteiger partial charge in [-0.3, -0.25) is 4.79 Å². The Kier molecular flexibility index (Phi) is 7.09. The van der Waals surface area contributed by atoms with Crippen molar-refractivity contribution < 1.29 is 14.3 Å². The van der Waals surface area contributed by atoms with Gasteiger partial charge >= 0.3 is 0 Å². The van der Waals surface area contributed by atoms with Gasteiger partial charge < -0.3 is 24.6 Å². The molecule has 1 atom stereocenters. The topological polar surface area (TPSA) is 79.8 Å². The van der Waals surface area contributed by atoms with Gasteiger partial charge in [0, 0.05) is 38.5 Å². The van der Waals surface area contributed by atoms with Crippen molar-refractivity contribution in [2.24, 2.45) is 0 Å². The third-order valence-electron chi connectivity index (χ3n) is 6.19. The lowest BCUT2D eigenvalue weighted by Crippen LogP contribution is -2.38. The first-order valence-corrected chi connectivity index (χ1v) is 11.4. The van der Waals surface area contributed by atoms with Crippen molar-refractivity contribution in [2.45, 2.75) is 45.2 Å². The number of benzene rings is 1. The highest BCUT2D eigenvalue weighted by molar-refractivity contribution is 5.73. The third-order valence-corrected chi connectivity index (χ3v) is 6.19. The zero-order chi connectivity index (χ0) is 22.5. The summed E-state index contributed by atoms with van der Waals surface area (Å²) in [6.07, 6.45) is 3.93. The van der Waals surface area contributed by atoms with Crippen molar-refractivity contribution in [1.82, 2.24) is 19.8 Å². The Bertz CT molecular complexity index is 951. The van der Waals surface area contributed by atoms with E-state index in [4.69, 9.17) is 19.4 Å². The van der Waals surface area contributed by atoms with Gasteiger partial charge in [-0.2, -0.15) is 0 Å². The predicted molar refractivity (Wildman–Crippen MR) is 123 cm³/mol. The number of amides is 1. The first kappa shape index (κ1) is 22.3. The molecule has 1 N–H and O–H groups in total. The maximum atomic E-state index is 12.2. The number of likely N-dealkylation sites (N-methyl/N-ethyl adjacent to an activating group) is 1. The number of nitrogens with one attached hydrogen (secondary N) is 1. The molecule has 2 aliphatic heterocycles. The quantitative estimate of drug-likeness (QED) is 0.664. The Hall–Kier alpha value is -2.87. The number of methoxy groups -OCH3 is 1. The molecule has 0 aliphatic carbocycles. The molecule has 8 heteroatoms. The van der Waals surface area contributed by atoms with Gasteiger partial charge in [0.25, 0.3) is 0 Å². The van der Waals surface area contributed by atoms with Crippen molar-refractivity contribution >= 4 is 11.7 Å². The van der Waals surface area contributed by atoms with Crippen molar-refractivity contribution in [3.8, 4) is 11.5 Å². The molecule has 1 amide bonds. The second-order valence-electron chi connectivity index (χ2n) is 8.49. The molecule has 0 saturated carbocycles. The number of aromatic nitrogens is 2. The van der Waals surface area contributed by atoms with E-state index in [-0.39, 0.29) is 11.9 Å². The monoisotopic (exact) mass is 439 g/mol. The van der Waals surface area contributed by atoms with Gasteiger partial charge in [0.15, 0.2) is 17.3 Å². The molecule has 4 rings (SSSR count). The molecule has 1 aromatic heterocycles. The van der Waals surface area contributed by atoms with Gasteiger partial charge in [0.05, 0.1) is 25.4 Å². The molecule has 32 heavy (non-hydrogen) atoms. The highest BCUT2D eigenvalue weighted by atomic mass is 16.5. The normalized spacial score (nSPS) is 18.7. The van der Waals surface area contributed by atoms with Crippen LogP contribution in [0.2, 0.25) is 0 Å². The van der Waals surface area contributed by atoms with Gasteiger partial charge in [-0.25, -0.2) is 9.97 Å². The molecule has 172 valence electrons. The number of piperidine rings is 1. The zero-order valence-electron chi connectivity index (χ0n) is 19.3. The van der Waals surface area contributed by atoms with Gasteiger partial charge in [-0.1, -0.05) is 12.1 Å². The molecule has 8 nitrogen and oxygen atoms in total. The largest absolute Gasteiger partial charge is 0.493 e. The average Bonchev–Trinajstić information content (AvgIpc) is 2.82. The van der Waals surface area contributed by atoms with Crippen molar-refractivity contribution in [3.63, 3.8) is 0 Å². The lowest BCUT2D eigenvalue weighted by Gasteiger charge is -2.35. The average molecular weight is 440 g/mol. The molecule has 0 spiro atoms. The molecular weight excluding hydrogens is 406 g/mol. The Labute approximate surface area is 189 Å². The fourth-order valence-corrected chi connectivity index (χ4v) is 4.51. The molecule has 0 bridgehead atoms. The van der Waals surface area contributed by atoms with E-state index >= 15 is 0 Å². The smallest absolute Gasteiger partial charge is 0.220 e. The van der Waals surface area contributed by atoms with E-state index in [9.17, 15) is 4.79 Å². The maximum absolute atomic E-state index is 12.2. The summed E-state index contributed by atoms with van der Waals surface area (Å²) in [6, 6.07) is 7.59. The minimum absolute atomic E-state index is 0.0448. The molecule has 2 aromatic rings. The second-order valence-corrected chi connectivity index (χ2v) is 8.49. The third kappa shape index (κ3) is 4.96. The number of ether oxygens (including phenoxy) is 2. The van der Waals surface area contributed by atoms with E-state index < -0.39 is 0 Å². The molecular formula is C24H33N5O3. The first-order chi connectivity index (χ1) is 15.6. The maximum Gasteiger partial charge on any atom is 0.220 e. The lowest BCUT2D eigenvalue weighted by molar-refractivity contribution is -0.132. The molecule has 0 radical (unpaired) electrons. The minimum Gasteiger partial charge on any atom is -0.493 e. The zero-order valence-corrected chi connectivity index (χ0v) is 19.3. The molecule has 1 aromatic carbocycles. The summed E-state index contributed by atoms with van der Waals surface area (Å²) in [5.41, 5.74) is 2.24. The summed E-state index contributed by atoms with van der Waals surface area (Å²) in [6.45, 7) is 5.28. The minimum atomic E-state index is -0.0448. The summed E-state index contributed by atoms with van der Waals surface area (Å²) in [5, 5.41) is 3.48. The first-order valence-electron chi connectivity index (χ1n) is 11.4. The summed E-state index contributed by atoms with van der Waals surface area (Å²) >= 11 is 0. The Morgan fingerprint density at radius 3 is 2.78 bits per heavy atom. The fourth-order valence-electron chi connectivity index (χ4n) is 4.51. The number of hydrogen-bond acceptors (Lipinski definition) is 7. The van der Waals surface area contributed by atoms with E-state index in [0.717, 1.165) is 79.7 Å². The van der Waals surface area contributed by atoms with Crippen LogP contribution in [-0.2, 0) is 17.8 Å². The number of fused-ring (bicyclic) bond motifs is 1. The number of hydrogen-bond donors (Lipinski definition) is 1. The van der Waals surface area contributed by atoms with Crippen LogP contribution in [0.5, 0.6) is 11.5 Å². The SMILES string of the molecule is COc1ccccc1OCCNc1nc(C2CCCCN2C(C)=O)nc2c1CN(C)CC2. The van der Waals surface area contributed by atoms with Gasteiger partial charge in [0.1, 0.15) is 12.4 Å². The van der Waals surface area contributed by atoms with E-state index in [0.29, 0.717) is 13.2 Å². The number of nitrogens with zero attached hydrogens (tertiary/aromatic N) is 4. The van der Waals surface area contributed by atoms with Crippen LogP contribution < -0.4 is 14.8 Å². The standard InChI is InChI=1S/C24H33N5O3/c1-17(30)29-13-7-6-8-20(29)24-26-19-11-14-28(2)16-18(19)23(27-24)25-12-15-32-22-10-5-4-9-21(22)31-3/h4-5,9-10,20H,6-8,11-16H2,1-3H3,(H,25,26,27). The Balaban J connectivity index is 1.52. The van der Waals surface area contributed by atoms with E-state index in [2.05, 4.69) is 17.3 Å². The van der Waals surface area contributed by atoms with Crippen LogP contribution in [0.4, 0.5) is 5.82 Å². The summed E-state index contributed by atoms with van der Waals surface area (Å²) in [4.78, 5) is 26.3. The van der Waals surface area contributed by atoms with E-state index in [1.807, 2.05) is 29.2 Å². The van der Waals surface area contributed by atoms with Crippen LogP contribution in [0.3, 0.4) is 0 Å². The molecule has 3 heterocycles. The number of carbonyl (C=O) groups excluding carboxylic acids is 1. The highest BCUT2D eigenvalue weighted by Gasteiger charge is 2.30. The van der Waals surface area contributed by atoms with E-state index in [1.165, 1.54) is 0 Å². The summed E-state index contributed by atoms with van der Waals surface area (Å²) in [7, 11) is 3.76. The summed E-state index contributed by atoms with van der Waals surface area (Å²) < 4.78 is 11.3. The number of anilines is 1. The van der Waals surface area contributed by atoms with Crippen molar-refractivity contribution in [3.05, 3.63) is 41.3 Å².